The average molecular weight is 356 g/mol. The van der Waals surface area contributed by atoms with E-state index in [1.54, 1.807) is 19.9 Å². The van der Waals surface area contributed by atoms with Crippen LogP contribution in [0.5, 0.6) is 0 Å². The first-order chi connectivity index (χ1) is 10.6. The van der Waals surface area contributed by atoms with Crippen molar-refractivity contribution in [1.29, 1.82) is 0 Å². The number of esters is 1. The first-order valence-electron chi connectivity index (χ1n) is 6.95. The molecule has 0 amide bonds. The summed E-state index contributed by atoms with van der Waals surface area (Å²) >= 11 is 0. The Hall–Kier alpha value is -2.10. The van der Waals surface area contributed by atoms with E-state index in [2.05, 4.69) is 4.74 Å². The van der Waals surface area contributed by atoms with Crippen molar-refractivity contribution in [3.63, 3.8) is 0 Å². The summed E-state index contributed by atoms with van der Waals surface area (Å²) in [6.45, 7) is 3.89. The van der Waals surface area contributed by atoms with Crippen LogP contribution in [-0.2, 0) is 42.7 Å². The number of hydrogen-bond acceptors (Lipinski definition) is 4. The molecule has 0 fully saturated rings. The summed E-state index contributed by atoms with van der Waals surface area (Å²) < 4.78 is 9.72. The van der Waals surface area contributed by atoms with E-state index in [1.807, 2.05) is 54.6 Å². The second-order valence-corrected chi connectivity index (χ2v) is 4.62. The van der Waals surface area contributed by atoms with Gasteiger partial charge in [0, 0.05) is 22.6 Å². The van der Waals surface area contributed by atoms with Crippen LogP contribution in [0.4, 0.5) is 0 Å². The van der Waals surface area contributed by atoms with Crippen LogP contribution in [0, 0.1) is 0 Å². The molecule has 0 spiro atoms. The third kappa shape index (κ3) is 9.50. The fraction of sp³-hybridized carbons (Fsp3) is 0.222. The van der Waals surface area contributed by atoms with Gasteiger partial charge in [-0.05, 0) is 19.9 Å². The molecule has 2 rings (SSSR count). The first kappa shape index (κ1) is 20.9. The van der Waals surface area contributed by atoms with Crippen molar-refractivity contribution in [2.45, 2.75) is 26.6 Å². The maximum absolute atomic E-state index is 11.5. The molecule has 0 heterocycles. The monoisotopic (exact) mass is 356 g/mol. The van der Waals surface area contributed by atoms with Gasteiger partial charge in [-0.25, -0.2) is 16.9 Å². The van der Waals surface area contributed by atoms with Crippen LogP contribution in [0.2, 0.25) is 0 Å². The van der Waals surface area contributed by atoms with Crippen LogP contribution in [0.15, 0.2) is 66.2 Å². The van der Waals surface area contributed by atoms with Crippen molar-refractivity contribution in [2.24, 2.45) is 0 Å². The van der Waals surface area contributed by atoms with Gasteiger partial charge in [-0.15, -0.1) is 5.56 Å². The summed E-state index contributed by atoms with van der Waals surface area (Å²) in [5.41, 5.74) is 1.37. The van der Waals surface area contributed by atoms with Crippen LogP contribution >= 0.6 is 0 Å². The molecule has 0 aromatic heterocycles. The van der Waals surface area contributed by atoms with Gasteiger partial charge in [0.1, 0.15) is 6.10 Å². The summed E-state index contributed by atoms with van der Waals surface area (Å²) in [5.74, 6) is -0.410. The number of carbonyl (C=O) groups excluding carboxylic acids is 2. The summed E-state index contributed by atoms with van der Waals surface area (Å²) in [4.78, 5) is 21.6. The molecule has 1 atom stereocenters. The topological polar surface area (TPSA) is 52.6 Å². The number of rotatable bonds is 6. The van der Waals surface area contributed by atoms with Gasteiger partial charge in [0.15, 0.2) is 0 Å². The second-order valence-electron chi connectivity index (χ2n) is 4.62. The molecular weight excluding hydrogens is 336 g/mol. The van der Waals surface area contributed by atoms with Gasteiger partial charge in [0.2, 0.25) is 0 Å². The van der Waals surface area contributed by atoms with Crippen molar-refractivity contribution in [3.05, 3.63) is 71.8 Å². The Balaban J connectivity index is 0.000000684. The molecule has 5 heteroatoms. The van der Waals surface area contributed by atoms with Gasteiger partial charge in [0.25, 0.3) is 6.47 Å². The summed E-state index contributed by atoms with van der Waals surface area (Å²) in [6, 6.07) is 17.5. The van der Waals surface area contributed by atoms with E-state index < -0.39 is 12.1 Å². The molecule has 2 aromatic rings. The smallest absolute Gasteiger partial charge is 0.332 e. The summed E-state index contributed by atoms with van der Waals surface area (Å²) in [6.07, 6.45) is 1.11. The largest absolute Gasteiger partial charge is 0.748 e. The Kier molecular flexibility index (Phi) is 11.3. The Bertz CT molecular complexity index is 539. The Morgan fingerprint density at radius 3 is 2.17 bits per heavy atom. The zero-order valence-corrected chi connectivity index (χ0v) is 14.2. The van der Waals surface area contributed by atoms with Crippen LogP contribution in [0.1, 0.15) is 19.4 Å². The Labute approximate surface area is 147 Å². The maximum Gasteiger partial charge on any atom is 0.332 e. The quantitative estimate of drug-likeness (QED) is 0.262. The molecule has 0 aliphatic carbocycles. The predicted octanol–water partition coefficient (Wildman–Crippen LogP) is 3.36. The minimum atomic E-state index is -0.432. The molecule has 0 aliphatic heterocycles. The minimum absolute atomic E-state index is 0. The van der Waals surface area contributed by atoms with E-state index in [0.29, 0.717) is 12.0 Å². The van der Waals surface area contributed by atoms with Gasteiger partial charge >= 0.3 is 5.97 Å². The Morgan fingerprint density at radius 1 is 1.17 bits per heavy atom. The van der Waals surface area contributed by atoms with Gasteiger partial charge in [-0.2, -0.15) is 12.1 Å². The predicted molar refractivity (Wildman–Crippen MR) is 84.2 cm³/mol. The number of carbonyl (C=O) groups is 2. The van der Waals surface area contributed by atoms with Gasteiger partial charge in [0.05, 0.1) is 6.61 Å². The van der Waals surface area contributed by atoms with Gasteiger partial charge in [-0.1, -0.05) is 0 Å². The van der Waals surface area contributed by atoms with Crippen molar-refractivity contribution >= 4 is 12.4 Å². The SMILES string of the molecule is CC(=CC(C)OC=O)C(=O)OC[c-]1cccc1.[Fe].[cH-]1[cH-][cH-][cH-][cH-]1. The van der Waals surface area contributed by atoms with Crippen molar-refractivity contribution in [3.8, 4) is 0 Å². The number of ether oxygens (including phenoxy) is 2. The molecule has 1 unspecified atom stereocenters. The van der Waals surface area contributed by atoms with Crippen LogP contribution < -0.4 is 0 Å². The van der Waals surface area contributed by atoms with Crippen LogP contribution in [0.25, 0.3) is 0 Å². The Morgan fingerprint density at radius 2 is 1.70 bits per heavy atom. The van der Waals surface area contributed by atoms with E-state index in [1.165, 1.54) is 0 Å². The summed E-state index contributed by atoms with van der Waals surface area (Å²) in [5, 5.41) is 0. The molecular formula is C18H20FeO4-6. The van der Waals surface area contributed by atoms with Crippen LogP contribution in [-0.4, -0.2) is 18.5 Å². The van der Waals surface area contributed by atoms with E-state index in [4.69, 9.17) is 4.74 Å². The molecule has 0 aliphatic rings. The van der Waals surface area contributed by atoms with Gasteiger partial charge in [-0.3, -0.25) is 4.79 Å². The van der Waals surface area contributed by atoms with E-state index in [0.717, 1.165) is 5.56 Å². The van der Waals surface area contributed by atoms with E-state index in [-0.39, 0.29) is 23.7 Å². The van der Waals surface area contributed by atoms with Crippen molar-refractivity contribution < 1.29 is 36.1 Å². The third-order valence-corrected chi connectivity index (χ3v) is 2.73. The molecule has 0 saturated heterocycles. The second kappa shape index (κ2) is 12.4. The maximum atomic E-state index is 11.5. The number of hydrogen-bond donors (Lipinski definition) is 0. The molecule has 0 bridgehead atoms. The molecule has 0 radical (unpaired) electrons. The zero-order chi connectivity index (χ0) is 16.2. The molecule has 0 saturated carbocycles. The van der Waals surface area contributed by atoms with E-state index in [9.17, 15) is 9.59 Å². The minimum Gasteiger partial charge on any atom is -0.748 e. The van der Waals surface area contributed by atoms with Crippen molar-refractivity contribution in [2.75, 3.05) is 0 Å². The van der Waals surface area contributed by atoms with Crippen LogP contribution in [0.3, 0.4) is 0 Å². The molecule has 0 N–H and O–H groups in total. The van der Waals surface area contributed by atoms with Crippen molar-refractivity contribution in [1.82, 2.24) is 0 Å². The molecule has 2 aromatic carbocycles. The summed E-state index contributed by atoms with van der Waals surface area (Å²) in [7, 11) is 0. The molecule has 23 heavy (non-hydrogen) atoms. The first-order valence-corrected chi connectivity index (χ1v) is 6.95. The average Bonchev–Trinajstić information content (AvgIpc) is 3.20. The zero-order valence-electron chi connectivity index (χ0n) is 13.1. The fourth-order valence-electron chi connectivity index (χ4n) is 1.64. The standard InChI is InChI=1S/C13H15O4.C5H5.Fe/c1-10(7-11(2)17-9-14)13(15)16-8-12-5-3-4-6-12;1-2-4-5-3-1;/h3-7,9,11H,8H2,1-2H3;1-5H;/q-1;-5;. The molecule has 4 nitrogen and oxygen atoms in total. The molecule has 130 valence electrons. The van der Waals surface area contributed by atoms with E-state index >= 15 is 0 Å². The van der Waals surface area contributed by atoms with Gasteiger partial charge < -0.3 is 39.8 Å². The fourth-order valence-corrected chi connectivity index (χ4v) is 1.64. The third-order valence-electron chi connectivity index (χ3n) is 2.73. The normalized spacial score (nSPS) is 11.3.